The second kappa shape index (κ2) is 16.7. The first kappa shape index (κ1) is 37.0. The van der Waals surface area contributed by atoms with Crippen LogP contribution in [0.4, 0.5) is 14.9 Å². The number of halogens is 3. The standard InChI is InChI=1S/C41H42Cl2FN3O6/c1-50-36-15-14-29(20-38(36)51-30-6-2-3-7-30)37(21-31-32(42)22-45-23-33(31)43)52-40(48)28-12-10-26(11-13-28)24-47(35-9-5-4-8-34(35)44)41(49)53-39-25-46-18-16-27(39)17-19-46/h4-5,8-15,20,22-23,27,30,37,39H,2-3,6-7,16-19,21,24-25H2,1H3/t37-,39+/m1/s1. The van der Waals surface area contributed by atoms with Crippen LogP contribution in [0, 0.1) is 11.7 Å². The molecular weight excluding hydrogens is 720 g/mol. The third-order valence-corrected chi connectivity index (χ3v) is 11.1. The first-order valence-electron chi connectivity index (χ1n) is 18.1. The number of ether oxygens (including phenoxy) is 4. The molecule has 4 fully saturated rings. The molecule has 1 amide bonds. The van der Waals surface area contributed by atoms with Crippen LogP contribution in [0.3, 0.4) is 0 Å². The lowest BCUT2D eigenvalue weighted by Crippen LogP contribution is -2.53. The number of piperidine rings is 3. The smallest absolute Gasteiger partial charge is 0.415 e. The summed E-state index contributed by atoms with van der Waals surface area (Å²) in [5, 5.41) is 0.704. The predicted molar refractivity (Wildman–Crippen MR) is 200 cm³/mol. The van der Waals surface area contributed by atoms with Crippen LogP contribution in [-0.4, -0.2) is 60.9 Å². The molecule has 4 aliphatic rings. The van der Waals surface area contributed by atoms with Crippen LogP contribution >= 0.6 is 23.2 Å². The van der Waals surface area contributed by atoms with Crippen molar-refractivity contribution in [2.45, 2.75) is 69.8 Å². The normalized spacial score (nSPS) is 20.1. The first-order valence-corrected chi connectivity index (χ1v) is 18.9. The van der Waals surface area contributed by atoms with Crippen LogP contribution in [0.15, 0.2) is 79.1 Å². The van der Waals surface area contributed by atoms with E-state index < -0.39 is 24.0 Å². The summed E-state index contributed by atoms with van der Waals surface area (Å²) < 4.78 is 39.2. The van der Waals surface area contributed by atoms with E-state index in [4.69, 9.17) is 42.1 Å². The van der Waals surface area contributed by atoms with E-state index in [9.17, 15) is 9.59 Å². The average molecular weight is 763 g/mol. The van der Waals surface area contributed by atoms with Gasteiger partial charge in [-0.25, -0.2) is 14.0 Å². The third-order valence-electron chi connectivity index (χ3n) is 10.5. The Morgan fingerprint density at radius 1 is 0.943 bits per heavy atom. The Bertz CT molecular complexity index is 1900. The number of hydrogen-bond donors (Lipinski definition) is 0. The number of methoxy groups -OCH3 is 1. The zero-order valence-corrected chi connectivity index (χ0v) is 31.0. The van der Waals surface area contributed by atoms with Crippen molar-refractivity contribution in [2.24, 2.45) is 5.92 Å². The molecule has 1 aromatic heterocycles. The highest BCUT2D eigenvalue weighted by Gasteiger charge is 2.38. The van der Waals surface area contributed by atoms with E-state index in [1.807, 2.05) is 12.1 Å². The molecule has 9 nitrogen and oxygen atoms in total. The minimum atomic E-state index is -0.797. The van der Waals surface area contributed by atoms with Crippen molar-refractivity contribution in [2.75, 3.05) is 31.6 Å². The summed E-state index contributed by atoms with van der Waals surface area (Å²) in [4.78, 5) is 35.1. The highest BCUT2D eigenvalue weighted by Crippen LogP contribution is 2.38. The number of pyridine rings is 1. The van der Waals surface area contributed by atoms with Gasteiger partial charge in [-0.15, -0.1) is 0 Å². The van der Waals surface area contributed by atoms with E-state index >= 15 is 4.39 Å². The summed E-state index contributed by atoms with van der Waals surface area (Å²) in [5.41, 5.74) is 2.34. The van der Waals surface area contributed by atoms with Gasteiger partial charge in [0.2, 0.25) is 0 Å². The lowest BCUT2D eigenvalue weighted by molar-refractivity contribution is -0.0311. The van der Waals surface area contributed by atoms with Crippen LogP contribution in [0.1, 0.15) is 71.7 Å². The fourth-order valence-corrected chi connectivity index (χ4v) is 8.02. The number of benzene rings is 3. The second-order valence-electron chi connectivity index (χ2n) is 13.9. The molecule has 2 atom stereocenters. The molecule has 3 aliphatic heterocycles. The van der Waals surface area contributed by atoms with Crippen molar-refractivity contribution < 1.29 is 32.9 Å². The Hall–Kier alpha value is -4.38. The molecule has 12 heteroatoms. The molecule has 8 rings (SSSR count). The number of esters is 1. The van der Waals surface area contributed by atoms with E-state index in [0.717, 1.165) is 51.6 Å². The highest BCUT2D eigenvalue weighted by atomic mass is 35.5. The van der Waals surface area contributed by atoms with Gasteiger partial charge in [0.1, 0.15) is 18.0 Å². The number of nitrogens with zero attached hydrogens (tertiary/aromatic N) is 3. The number of fused-ring (bicyclic) bond motifs is 3. The van der Waals surface area contributed by atoms with Crippen molar-refractivity contribution in [3.8, 4) is 11.5 Å². The molecule has 3 aromatic carbocycles. The maximum atomic E-state index is 15.1. The minimum Gasteiger partial charge on any atom is -0.493 e. The molecule has 1 saturated carbocycles. The molecule has 4 heterocycles. The molecule has 1 aliphatic carbocycles. The molecule has 53 heavy (non-hydrogen) atoms. The van der Waals surface area contributed by atoms with E-state index in [-0.39, 0.29) is 36.4 Å². The Morgan fingerprint density at radius 2 is 1.66 bits per heavy atom. The van der Waals surface area contributed by atoms with Gasteiger partial charge in [0.15, 0.2) is 11.5 Å². The van der Waals surface area contributed by atoms with Gasteiger partial charge in [-0.3, -0.25) is 14.8 Å². The quantitative estimate of drug-likeness (QED) is 0.132. The number of carbonyl (C=O) groups is 2. The summed E-state index contributed by atoms with van der Waals surface area (Å²) in [7, 11) is 1.59. The fraction of sp³-hybridized carbons (Fsp3) is 0.390. The Kier molecular flexibility index (Phi) is 11.7. The topological polar surface area (TPSA) is 90.4 Å². The summed E-state index contributed by atoms with van der Waals surface area (Å²) in [6.07, 6.45) is 7.71. The highest BCUT2D eigenvalue weighted by molar-refractivity contribution is 6.35. The van der Waals surface area contributed by atoms with Crippen LogP contribution in [0.2, 0.25) is 10.0 Å². The number of para-hydroxylation sites is 1. The van der Waals surface area contributed by atoms with E-state index in [0.29, 0.717) is 50.7 Å². The Labute approximate surface area is 318 Å². The van der Waals surface area contributed by atoms with Gasteiger partial charge in [0.05, 0.1) is 41.1 Å². The number of hydrogen-bond acceptors (Lipinski definition) is 8. The van der Waals surface area contributed by atoms with Crippen molar-refractivity contribution in [1.82, 2.24) is 9.88 Å². The van der Waals surface area contributed by atoms with Crippen molar-refractivity contribution in [3.63, 3.8) is 0 Å². The van der Waals surface area contributed by atoms with Crippen LogP contribution in [0.5, 0.6) is 11.5 Å². The minimum absolute atomic E-state index is 0.0352. The van der Waals surface area contributed by atoms with Crippen LogP contribution in [-0.2, 0) is 22.4 Å². The maximum absolute atomic E-state index is 15.1. The van der Waals surface area contributed by atoms with E-state index in [1.165, 1.54) is 23.4 Å². The number of amides is 1. The van der Waals surface area contributed by atoms with Crippen LogP contribution < -0.4 is 14.4 Å². The molecule has 0 radical (unpaired) electrons. The summed E-state index contributed by atoms with van der Waals surface area (Å²) in [6, 6.07) is 18.3. The van der Waals surface area contributed by atoms with Crippen molar-refractivity contribution >= 4 is 41.0 Å². The van der Waals surface area contributed by atoms with Gasteiger partial charge in [-0.05, 0) is 111 Å². The van der Waals surface area contributed by atoms with Crippen molar-refractivity contribution in [3.05, 3.63) is 117 Å². The van der Waals surface area contributed by atoms with Gasteiger partial charge in [-0.1, -0.05) is 53.5 Å². The first-order chi connectivity index (χ1) is 25.7. The zero-order chi connectivity index (χ0) is 36.9. The molecule has 0 unspecified atom stereocenters. The Balaban J connectivity index is 1.11. The third kappa shape index (κ3) is 8.72. The molecule has 0 spiro atoms. The number of carbonyl (C=O) groups excluding carboxylic acids is 2. The molecule has 3 saturated heterocycles. The summed E-state index contributed by atoms with van der Waals surface area (Å²) >= 11 is 13.0. The van der Waals surface area contributed by atoms with Crippen LogP contribution in [0.25, 0.3) is 0 Å². The van der Waals surface area contributed by atoms with Gasteiger partial charge in [-0.2, -0.15) is 0 Å². The van der Waals surface area contributed by atoms with Gasteiger partial charge < -0.3 is 18.9 Å². The molecule has 0 N–H and O–H groups in total. The largest absolute Gasteiger partial charge is 0.493 e. The lowest BCUT2D eigenvalue weighted by Gasteiger charge is -2.44. The SMILES string of the molecule is COc1ccc([C@@H](Cc2c(Cl)cncc2Cl)OC(=O)c2ccc(CN(C(=O)O[C@H]3CN4CCC3CC4)c3ccccc3F)cc2)cc1OC1CCCC1. The summed E-state index contributed by atoms with van der Waals surface area (Å²) in [5.74, 6) is 0.341. The lowest BCUT2D eigenvalue weighted by atomic mass is 9.86. The number of rotatable bonds is 12. The average Bonchev–Trinajstić information content (AvgIpc) is 3.69. The van der Waals surface area contributed by atoms with Crippen molar-refractivity contribution in [1.29, 1.82) is 0 Å². The molecular formula is C41H42Cl2FN3O6. The number of aromatic nitrogens is 1. The molecule has 4 aromatic rings. The van der Waals surface area contributed by atoms with E-state index in [1.54, 1.807) is 55.6 Å². The van der Waals surface area contributed by atoms with Gasteiger partial charge in [0, 0.05) is 25.4 Å². The van der Waals surface area contributed by atoms with Gasteiger partial charge in [0.25, 0.3) is 0 Å². The maximum Gasteiger partial charge on any atom is 0.415 e. The zero-order valence-electron chi connectivity index (χ0n) is 29.5. The van der Waals surface area contributed by atoms with E-state index in [2.05, 4.69) is 9.88 Å². The molecule has 278 valence electrons. The summed E-state index contributed by atoms with van der Waals surface area (Å²) in [6.45, 7) is 2.73. The second-order valence-corrected chi connectivity index (χ2v) is 14.7. The van der Waals surface area contributed by atoms with Gasteiger partial charge >= 0.3 is 12.1 Å². The predicted octanol–water partition coefficient (Wildman–Crippen LogP) is 9.24. The molecule has 2 bridgehead atoms. The monoisotopic (exact) mass is 761 g/mol. The Morgan fingerprint density at radius 3 is 2.32 bits per heavy atom. The number of anilines is 1. The fourth-order valence-electron chi connectivity index (χ4n) is 7.50.